The summed E-state index contributed by atoms with van der Waals surface area (Å²) in [7, 11) is 0. The predicted octanol–water partition coefficient (Wildman–Crippen LogP) is 5.10. The summed E-state index contributed by atoms with van der Waals surface area (Å²) in [5.41, 5.74) is 14.2. The van der Waals surface area contributed by atoms with Crippen molar-refractivity contribution in [3.8, 4) is 0 Å². The van der Waals surface area contributed by atoms with E-state index in [1.165, 1.54) is 0 Å². The topological polar surface area (TPSA) is 115 Å². The molecule has 7 nitrogen and oxygen atoms in total. The molecule has 0 aliphatic heterocycles. The smallest absolute Gasteiger partial charge is 0.233 e. The van der Waals surface area contributed by atoms with Crippen molar-refractivity contribution >= 4 is 29.2 Å². The molecule has 1 aromatic heterocycles. The van der Waals surface area contributed by atoms with E-state index >= 15 is 0 Å². The quantitative estimate of drug-likeness (QED) is 0.338. The minimum Gasteiger partial charge on any atom is -0.399 e. The Morgan fingerprint density at radius 2 is 1.73 bits per heavy atom. The zero-order chi connectivity index (χ0) is 22.5. The maximum Gasteiger partial charge on any atom is 0.233 e. The Morgan fingerprint density at radius 3 is 2.37 bits per heavy atom. The number of nitrogens with two attached hydrogens (primary N) is 2. The molecule has 0 radical (unpaired) electrons. The van der Waals surface area contributed by atoms with E-state index < -0.39 is 0 Å². The summed E-state index contributed by atoms with van der Waals surface area (Å²) in [5.74, 6) is 1.02. The number of aromatic nitrogens is 3. The third-order valence-corrected chi connectivity index (χ3v) is 4.16. The first kappa shape index (κ1) is 24.4. The summed E-state index contributed by atoms with van der Waals surface area (Å²) in [6.45, 7) is 15.7. The number of nitrogen functional groups attached to an aromatic ring is 2. The van der Waals surface area contributed by atoms with E-state index in [4.69, 9.17) is 11.5 Å². The van der Waals surface area contributed by atoms with Gasteiger partial charge in [0.2, 0.25) is 17.8 Å². The number of nitrogens with one attached hydrogen (secondary N) is 2. The zero-order valence-electron chi connectivity index (χ0n) is 18.3. The maximum atomic E-state index is 5.85. The fourth-order valence-electron chi connectivity index (χ4n) is 2.55. The van der Waals surface area contributed by atoms with Crippen molar-refractivity contribution in [3.05, 3.63) is 73.4 Å². The van der Waals surface area contributed by atoms with Gasteiger partial charge in [-0.2, -0.15) is 15.0 Å². The fourth-order valence-corrected chi connectivity index (χ4v) is 2.55. The molecule has 6 N–H and O–H groups in total. The normalized spacial score (nSPS) is 13.0. The Morgan fingerprint density at radius 1 is 1.03 bits per heavy atom. The molecule has 1 heterocycles. The molecule has 0 aliphatic rings. The van der Waals surface area contributed by atoms with E-state index in [0.29, 0.717) is 17.6 Å². The van der Waals surface area contributed by atoms with Crippen molar-refractivity contribution in [2.45, 2.75) is 33.7 Å². The van der Waals surface area contributed by atoms with Gasteiger partial charge in [0.15, 0.2) is 0 Å². The molecule has 160 valence electrons. The van der Waals surface area contributed by atoms with Gasteiger partial charge >= 0.3 is 0 Å². The van der Waals surface area contributed by atoms with Crippen LogP contribution in [0.15, 0.2) is 73.4 Å². The van der Waals surface area contributed by atoms with Crippen LogP contribution in [0.25, 0.3) is 0 Å². The van der Waals surface area contributed by atoms with Gasteiger partial charge in [-0.15, -0.1) is 0 Å². The standard InChI is InChI=1S/C21H27N7.C2H6/c1-5-7-10-16(9-6-2)14(3)15(4)24-20-26-19(23)27-21(28-20)25-18-12-8-11-17(22)13-18;1-2/h5-15H,1-2,22H2,3-4H3,(H4,23,24,25,26,27,28);1-2H3/b10-7-,16-9+;. The summed E-state index contributed by atoms with van der Waals surface area (Å²) >= 11 is 0. The SMILES string of the molecule is C=C/C=C\C(=C/C=C)C(C)C(C)Nc1nc(N)nc(Nc2cccc(N)c2)n1.CC. The Kier molecular flexibility index (Phi) is 10.4. The Bertz CT molecular complexity index is 887. The van der Waals surface area contributed by atoms with E-state index in [-0.39, 0.29) is 17.9 Å². The van der Waals surface area contributed by atoms with Gasteiger partial charge in [-0.05, 0) is 30.7 Å². The van der Waals surface area contributed by atoms with Crippen LogP contribution < -0.4 is 22.1 Å². The second-order valence-corrected chi connectivity index (χ2v) is 6.31. The van der Waals surface area contributed by atoms with E-state index in [1.807, 2.05) is 51.1 Å². The van der Waals surface area contributed by atoms with Gasteiger partial charge in [0.05, 0.1) is 0 Å². The van der Waals surface area contributed by atoms with Crippen LogP contribution in [-0.4, -0.2) is 21.0 Å². The van der Waals surface area contributed by atoms with E-state index in [1.54, 1.807) is 24.3 Å². The minimum absolute atomic E-state index is 0.0303. The predicted molar refractivity (Wildman–Crippen MR) is 130 cm³/mol. The number of rotatable bonds is 9. The molecule has 0 saturated heterocycles. The Hall–Kier alpha value is -3.61. The number of hydrogen-bond donors (Lipinski definition) is 4. The van der Waals surface area contributed by atoms with Crippen LogP contribution in [0.3, 0.4) is 0 Å². The van der Waals surface area contributed by atoms with Crippen molar-refractivity contribution in [2.75, 3.05) is 22.1 Å². The third kappa shape index (κ3) is 7.79. The number of hydrogen-bond acceptors (Lipinski definition) is 7. The van der Waals surface area contributed by atoms with Crippen LogP contribution in [0.1, 0.15) is 27.7 Å². The van der Waals surface area contributed by atoms with Crippen LogP contribution in [0.4, 0.5) is 29.2 Å². The molecular formula is C23H33N7. The third-order valence-electron chi connectivity index (χ3n) is 4.16. The molecule has 2 aromatic rings. The van der Waals surface area contributed by atoms with Crippen molar-refractivity contribution in [3.63, 3.8) is 0 Å². The first-order valence-electron chi connectivity index (χ1n) is 9.95. The number of benzene rings is 1. The van der Waals surface area contributed by atoms with Gasteiger partial charge in [0.25, 0.3) is 0 Å². The Labute approximate surface area is 179 Å². The Balaban J connectivity index is 0.00000218. The van der Waals surface area contributed by atoms with Gasteiger partial charge in [-0.1, -0.05) is 70.4 Å². The van der Waals surface area contributed by atoms with E-state index in [0.717, 1.165) is 11.3 Å². The molecule has 0 aliphatic carbocycles. The second kappa shape index (κ2) is 12.8. The molecule has 30 heavy (non-hydrogen) atoms. The summed E-state index contributed by atoms with van der Waals surface area (Å²) < 4.78 is 0. The van der Waals surface area contributed by atoms with Gasteiger partial charge < -0.3 is 22.1 Å². The van der Waals surface area contributed by atoms with Gasteiger partial charge in [-0.3, -0.25) is 0 Å². The van der Waals surface area contributed by atoms with Crippen molar-refractivity contribution in [1.29, 1.82) is 0 Å². The number of anilines is 5. The van der Waals surface area contributed by atoms with Crippen LogP contribution in [0, 0.1) is 5.92 Å². The van der Waals surface area contributed by atoms with Crippen molar-refractivity contribution in [1.82, 2.24) is 15.0 Å². The van der Waals surface area contributed by atoms with Gasteiger partial charge in [-0.25, -0.2) is 0 Å². The lowest BCUT2D eigenvalue weighted by Gasteiger charge is -2.22. The maximum absolute atomic E-state index is 5.85. The summed E-state index contributed by atoms with van der Waals surface area (Å²) in [4.78, 5) is 12.7. The fraction of sp³-hybridized carbons (Fsp3) is 0.261. The van der Waals surface area contributed by atoms with Crippen LogP contribution in [0.2, 0.25) is 0 Å². The van der Waals surface area contributed by atoms with Gasteiger partial charge in [0, 0.05) is 23.3 Å². The van der Waals surface area contributed by atoms with Gasteiger partial charge in [0.1, 0.15) is 0 Å². The molecule has 2 rings (SSSR count). The van der Waals surface area contributed by atoms with Crippen LogP contribution >= 0.6 is 0 Å². The molecule has 2 unspecified atom stereocenters. The molecule has 0 spiro atoms. The van der Waals surface area contributed by atoms with Crippen LogP contribution in [0.5, 0.6) is 0 Å². The molecule has 7 heteroatoms. The molecule has 0 saturated carbocycles. The molecule has 0 amide bonds. The molecule has 2 atom stereocenters. The summed E-state index contributed by atoms with van der Waals surface area (Å²) in [5, 5.41) is 6.38. The summed E-state index contributed by atoms with van der Waals surface area (Å²) in [6, 6.07) is 7.33. The zero-order valence-corrected chi connectivity index (χ0v) is 18.3. The highest BCUT2D eigenvalue weighted by atomic mass is 15.2. The molecule has 1 aromatic carbocycles. The lowest BCUT2D eigenvalue weighted by molar-refractivity contribution is 0.592. The lowest BCUT2D eigenvalue weighted by Crippen LogP contribution is -2.26. The molecular weight excluding hydrogens is 374 g/mol. The first-order chi connectivity index (χ1) is 14.4. The highest BCUT2D eigenvalue weighted by molar-refractivity contribution is 5.60. The van der Waals surface area contributed by atoms with Crippen molar-refractivity contribution in [2.24, 2.45) is 5.92 Å². The average molecular weight is 408 g/mol. The molecule has 0 bridgehead atoms. The van der Waals surface area contributed by atoms with Crippen LogP contribution in [-0.2, 0) is 0 Å². The monoisotopic (exact) mass is 407 g/mol. The average Bonchev–Trinajstić information content (AvgIpc) is 2.71. The van der Waals surface area contributed by atoms with E-state index in [2.05, 4.69) is 45.7 Å². The highest BCUT2D eigenvalue weighted by Crippen LogP contribution is 2.21. The highest BCUT2D eigenvalue weighted by Gasteiger charge is 2.16. The minimum atomic E-state index is 0.0303. The second-order valence-electron chi connectivity index (χ2n) is 6.31. The largest absolute Gasteiger partial charge is 0.399 e. The van der Waals surface area contributed by atoms with E-state index in [9.17, 15) is 0 Å². The van der Waals surface area contributed by atoms with Crippen molar-refractivity contribution < 1.29 is 0 Å². The lowest BCUT2D eigenvalue weighted by atomic mass is 9.93. The summed E-state index contributed by atoms with van der Waals surface area (Å²) in [6.07, 6.45) is 9.37. The molecule has 0 fully saturated rings. The number of allylic oxidation sites excluding steroid dienone is 5. The number of nitrogens with zero attached hydrogens (tertiary/aromatic N) is 3. The first-order valence-corrected chi connectivity index (χ1v) is 9.95.